The fourth-order valence-electron chi connectivity index (χ4n) is 2.59. The van der Waals surface area contributed by atoms with E-state index in [0.717, 1.165) is 23.2 Å². The number of benzene rings is 1. The number of nitrogens with zero attached hydrogens (tertiary/aromatic N) is 3. The van der Waals surface area contributed by atoms with Gasteiger partial charge < -0.3 is 15.1 Å². The van der Waals surface area contributed by atoms with Crippen molar-refractivity contribution in [1.82, 2.24) is 14.8 Å². The number of carbonyl (C=O) groups is 1. The van der Waals surface area contributed by atoms with Gasteiger partial charge in [0.05, 0.1) is 6.20 Å². The largest absolute Gasteiger partial charge is 0.441 e. The Bertz CT molecular complexity index is 881. The molecule has 132 valence electrons. The molecule has 1 unspecified atom stereocenters. The minimum absolute atomic E-state index is 0.128. The molecule has 3 aromatic rings. The first-order valence-electron chi connectivity index (χ1n) is 8.48. The highest BCUT2D eigenvalue weighted by atomic mass is 16.3. The molecule has 0 saturated heterocycles. The SMILES string of the molecule is CCc1nc2cc(NC(C)C(=O)Nc3ccnn3C(C)C)ccc2o1. The molecule has 1 aromatic carbocycles. The van der Waals surface area contributed by atoms with Gasteiger partial charge in [0.25, 0.3) is 0 Å². The summed E-state index contributed by atoms with van der Waals surface area (Å²) in [6.07, 6.45) is 2.43. The number of anilines is 2. The summed E-state index contributed by atoms with van der Waals surface area (Å²) < 4.78 is 7.38. The van der Waals surface area contributed by atoms with Crippen molar-refractivity contribution in [2.45, 2.75) is 46.2 Å². The minimum atomic E-state index is -0.412. The second-order valence-corrected chi connectivity index (χ2v) is 6.25. The molecule has 0 aliphatic heterocycles. The number of nitrogens with one attached hydrogen (secondary N) is 2. The van der Waals surface area contributed by atoms with Crippen LogP contribution in [0.3, 0.4) is 0 Å². The molecule has 0 aliphatic carbocycles. The summed E-state index contributed by atoms with van der Waals surface area (Å²) in [6, 6.07) is 7.19. The van der Waals surface area contributed by atoms with Crippen LogP contribution in [0.15, 0.2) is 34.9 Å². The third-order valence-corrected chi connectivity index (χ3v) is 3.92. The van der Waals surface area contributed by atoms with E-state index in [1.807, 2.05) is 45.9 Å². The lowest BCUT2D eigenvalue weighted by Gasteiger charge is -2.17. The Morgan fingerprint density at radius 2 is 2.08 bits per heavy atom. The molecule has 0 spiro atoms. The van der Waals surface area contributed by atoms with E-state index in [4.69, 9.17) is 4.42 Å². The molecule has 2 N–H and O–H groups in total. The summed E-state index contributed by atoms with van der Waals surface area (Å²) in [5.74, 6) is 1.27. The van der Waals surface area contributed by atoms with Gasteiger partial charge in [-0.2, -0.15) is 5.10 Å². The molecule has 2 aromatic heterocycles. The zero-order valence-corrected chi connectivity index (χ0v) is 14.9. The summed E-state index contributed by atoms with van der Waals surface area (Å²) in [5, 5.41) is 10.3. The number of rotatable bonds is 6. The van der Waals surface area contributed by atoms with Crippen LogP contribution in [0.5, 0.6) is 0 Å². The van der Waals surface area contributed by atoms with Crippen molar-refractivity contribution in [2.75, 3.05) is 10.6 Å². The van der Waals surface area contributed by atoms with Crippen LogP contribution >= 0.6 is 0 Å². The Morgan fingerprint density at radius 1 is 1.28 bits per heavy atom. The first-order valence-corrected chi connectivity index (χ1v) is 8.48. The number of hydrogen-bond donors (Lipinski definition) is 2. The predicted molar refractivity (Wildman–Crippen MR) is 97.7 cm³/mol. The molecule has 25 heavy (non-hydrogen) atoms. The van der Waals surface area contributed by atoms with Gasteiger partial charge in [0.2, 0.25) is 5.91 Å². The zero-order chi connectivity index (χ0) is 18.0. The quantitative estimate of drug-likeness (QED) is 0.715. The second-order valence-electron chi connectivity index (χ2n) is 6.25. The molecule has 3 rings (SSSR count). The van der Waals surface area contributed by atoms with Gasteiger partial charge in [-0.25, -0.2) is 9.67 Å². The fourth-order valence-corrected chi connectivity index (χ4v) is 2.59. The molecular formula is C18H23N5O2. The van der Waals surface area contributed by atoms with E-state index in [1.165, 1.54) is 0 Å². The van der Waals surface area contributed by atoms with Crippen molar-refractivity contribution in [3.63, 3.8) is 0 Å². The van der Waals surface area contributed by atoms with Crippen LogP contribution in [0, 0.1) is 0 Å². The van der Waals surface area contributed by atoms with Gasteiger partial charge in [0.1, 0.15) is 17.4 Å². The van der Waals surface area contributed by atoms with Crippen molar-refractivity contribution in [2.24, 2.45) is 0 Å². The van der Waals surface area contributed by atoms with Gasteiger partial charge in [0.15, 0.2) is 11.5 Å². The highest BCUT2D eigenvalue weighted by Crippen LogP contribution is 2.21. The summed E-state index contributed by atoms with van der Waals surface area (Å²) in [7, 11) is 0. The van der Waals surface area contributed by atoms with Crippen molar-refractivity contribution in [3.05, 3.63) is 36.4 Å². The van der Waals surface area contributed by atoms with E-state index in [2.05, 4.69) is 20.7 Å². The molecule has 0 saturated carbocycles. The molecule has 7 nitrogen and oxygen atoms in total. The zero-order valence-electron chi connectivity index (χ0n) is 14.9. The lowest BCUT2D eigenvalue weighted by atomic mass is 10.2. The fraction of sp³-hybridized carbons (Fsp3) is 0.389. The molecule has 0 aliphatic rings. The van der Waals surface area contributed by atoms with Crippen molar-refractivity contribution >= 4 is 28.5 Å². The first-order chi connectivity index (χ1) is 12.0. The van der Waals surface area contributed by atoms with Crippen LogP contribution in [-0.4, -0.2) is 26.7 Å². The number of carbonyl (C=O) groups excluding carboxylic acids is 1. The van der Waals surface area contributed by atoms with Crippen LogP contribution in [0.2, 0.25) is 0 Å². The summed E-state index contributed by atoms with van der Waals surface area (Å²) in [4.78, 5) is 16.9. The average molecular weight is 341 g/mol. The van der Waals surface area contributed by atoms with E-state index >= 15 is 0 Å². The summed E-state index contributed by atoms with van der Waals surface area (Å²) in [5.41, 5.74) is 2.36. The van der Waals surface area contributed by atoms with E-state index in [9.17, 15) is 4.79 Å². The van der Waals surface area contributed by atoms with Crippen LogP contribution < -0.4 is 10.6 Å². The second kappa shape index (κ2) is 6.96. The van der Waals surface area contributed by atoms with Crippen LogP contribution in [0.4, 0.5) is 11.5 Å². The molecule has 0 fully saturated rings. The molecule has 1 atom stereocenters. The number of aryl methyl sites for hydroxylation is 1. The maximum absolute atomic E-state index is 12.5. The first kappa shape index (κ1) is 17.0. The smallest absolute Gasteiger partial charge is 0.247 e. The highest BCUT2D eigenvalue weighted by molar-refractivity contribution is 5.95. The monoisotopic (exact) mass is 341 g/mol. The maximum atomic E-state index is 12.5. The molecule has 0 radical (unpaired) electrons. The molecule has 0 bridgehead atoms. The Morgan fingerprint density at radius 3 is 2.80 bits per heavy atom. The summed E-state index contributed by atoms with van der Waals surface area (Å²) in [6.45, 7) is 7.85. The lowest BCUT2D eigenvalue weighted by Crippen LogP contribution is -2.32. The average Bonchev–Trinajstić information content (AvgIpc) is 3.20. The minimum Gasteiger partial charge on any atom is -0.441 e. The van der Waals surface area contributed by atoms with Crippen LogP contribution in [-0.2, 0) is 11.2 Å². The Kier molecular flexibility index (Phi) is 4.74. The third-order valence-electron chi connectivity index (χ3n) is 3.92. The normalized spacial score (nSPS) is 12.5. The van der Waals surface area contributed by atoms with Gasteiger partial charge in [-0.3, -0.25) is 4.79 Å². The van der Waals surface area contributed by atoms with Crippen molar-refractivity contribution in [3.8, 4) is 0 Å². The number of fused-ring (bicyclic) bond motifs is 1. The number of amides is 1. The van der Waals surface area contributed by atoms with Crippen molar-refractivity contribution < 1.29 is 9.21 Å². The third kappa shape index (κ3) is 3.65. The van der Waals surface area contributed by atoms with E-state index in [0.29, 0.717) is 11.7 Å². The Hall–Kier alpha value is -2.83. The van der Waals surface area contributed by atoms with Gasteiger partial charge >= 0.3 is 0 Å². The van der Waals surface area contributed by atoms with Crippen molar-refractivity contribution in [1.29, 1.82) is 0 Å². The predicted octanol–water partition coefficient (Wildman–Crippen LogP) is 3.61. The Labute approximate surface area is 146 Å². The van der Waals surface area contributed by atoms with E-state index in [1.54, 1.807) is 16.9 Å². The van der Waals surface area contributed by atoms with E-state index < -0.39 is 6.04 Å². The van der Waals surface area contributed by atoms with Gasteiger partial charge in [-0.05, 0) is 39.0 Å². The standard InChI is InChI=1S/C18H23N5O2/c1-5-17-21-14-10-13(6-7-15(14)25-17)20-12(4)18(24)22-16-8-9-19-23(16)11(2)3/h6-12,20H,5H2,1-4H3,(H,22,24). The van der Waals surface area contributed by atoms with Gasteiger partial charge in [-0.15, -0.1) is 0 Å². The molecular weight excluding hydrogens is 318 g/mol. The Balaban J connectivity index is 1.69. The molecule has 2 heterocycles. The lowest BCUT2D eigenvalue weighted by molar-refractivity contribution is -0.116. The van der Waals surface area contributed by atoms with E-state index in [-0.39, 0.29) is 11.9 Å². The van der Waals surface area contributed by atoms with Gasteiger partial charge in [0, 0.05) is 24.2 Å². The summed E-state index contributed by atoms with van der Waals surface area (Å²) >= 11 is 0. The van der Waals surface area contributed by atoms with Gasteiger partial charge in [-0.1, -0.05) is 6.92 Å². The number of aromatic nitrogens is 3. The highest BCUT2D eigenvalue weighted by Gasteiger charge is 2.16. The topological polar surface area (TPSA) is 85.0 Å². The van der Waals surface area contributed by atoms with Crippen LogP contribution in [0.1, 0.15) is 39.6 Å². The van der Waals surface area contributed by atoms with Crippen LogP contribution in [0.25, 0.3) is 11.1 Å². The maximum Gasteiger partial charge on any atom is 0.247 e. The molecule has 7 heteroatoms. The molecule has 1 amide bonds. The number of oxazole rings is 1. The number of hydrogen-bond acceptors (Lipinski definition) is 5.